The van der Waals surface area contributed by atoms with Gasteiger partial charge in [-0.25, -0.2) is 0 Å². The zero-order valence-electron chi connectivity index (χ0n) is 10.9. The highest BCUT2D eigenvalue weighted by Crippen LogP contribution is 2.21. The van der Waals surface area contributed by atoms with Crippen LogP contribution in [0.5, 0.6) is 5.75 Å². The van der Waals surface area contributed by atoms with Crippen LogP contribution in [0.3, 0.4) is 0 Å². The van der Waals surface area contributed by atoms with Gasteiger partial charge in [-0.15, -0.1) is 0 Å². The third-order valence-corrected chi connectivity index (χ3v) is 3.04. The SMILES string of the molecule is Oc1cccc(-c2nc(CCc3ccccc3)no2)c1. The van der Waals surface area contributed by atoms with Crippen LogP contribution in [-0.4, -0.2) is 15.2 Å². The number of aromatic hydroxyl groups is 1. The Hall–Kier alpha value is -2.62. The Bertz CT molecular complexity index is 692. The summed E-state index contributed by atoms with van der Waals surface area (Å²) in [5.41, 5.74) is 1.97. The van der Waals surface area contributed by atoms with Crippen molar-refractivity contribution in [2.24, 2.45) is 0 Å². The Morgan fingerprint density at radius 2 is 1.80 bits per heavy atom. The first-order valence-electron chi connectivity index (χ1n) is 6.47. The van der Waals surface area contributed by atoms with Gasteiger partial charge in [0.2, 0.25) is 0 Å². The number of aromatic nitrogens is 2. The Morgan fingerprint density at radius 1 is 0.950 bits per heavy atom. The molecule has 0 fully saturated rings. The number of phenolic OH excluding ortho intramolecular Hbond substituents is 1. The molecule has 0 radical (unpaired) electrons. The molecule has 0 atom stereocenters. The van der Waals surface area contributed by atoms with Crippen LogP contribution in [0.25, 0.3) is 11.5 Å². The van der Waals surface area contributed by atoms with E-state index in [1.807, 2.05) is 24.3 Å². The van der Waals surface area contributed by atoms with E-state index in [9.17, 15) is 5.11 Å². The number of benzene rings is 2. The predicted molar refractivity (Wildman–Crippen MR) is 75.2 cm³/mol. The van der Waals surface area contributed by atoms with Crippen LogP contribution >= 0.6 is 0 Å². The molecule has 1 heterocycles. The first-order valence-corrected chi connectivity index (χ1v) is 6.47. The highest BCUT2D eigenvalue weighted by molar-refractivity contribution is 5.55. The molecule has 100 valence electrons. The molecule has 0 spiro atoms. The maximum absolute atomic E-state index is 9.44. The second-order valence-corrected chi connectivity index (χ2v) is 4.55. The fourth-order valence-electron chi connectivity index (χ4n) is 2.01. The Morgan fingerprint density at radius 3 is 2.60 bits per heavy atom. The van der Waals surface area contributed by atoms with Gasteiger partial charge in [0.25, 0.3) is 5.89 Å². The predicted octanol–water partition coefficient (Wildman–Crippen LogP) is 3.23. The van der Waals surface area contributed by atoms with E-state index in [4.69, 9.17) is 4.52 Å². The van der Waals surface area contributed by atoms with Crippen LogP contribution in [0.15, 0.2) is 59.1 Å². The quantitative estimate of drug-likeness (QED) is 0.787. The van der Waals surface area contributed by atoms with Gasteiger partial charge in [-0.1, -0.05) is 41.6 Å². The zero-order chi connectivity index (χ0) is 13.8. The van der Waals surface area contributed by atoms with E-state index in [-0.39, 0.29) is 5.75 Å². The molecule has 0 aliphatic heterocycles. The molecular weight excluding hydrogens is 252 g/mol. The molecule has 1 aromatic heterocycles. The summed E-state index contributed by atoms with van der Waals surface area (Å²) in [5.74, 6) is 1.29. The summed E-state index contributed by atoms with van der Waals surface area (Å²) in [6.45, 7) is 0. The van der Waals surface area contributed by atoms with Gasteiger partial charge in [0.15, 0.2) is 5.82 Å². The summed E-state index contributed by atoms with van der Waals surface area (Å²) in [5, 5.41) is 13.4. The van der Waals surface area contributed by atoms with Crippen LogP contribution in [-0.2, 0) is 12.8 Å². The zero-order valence-corrected chi connectivity index (χ0v) is 10.9. The molecular formula is C16H14N2O2. The van der Waals surface area contributed by atoms with Crippen molar-refractivity contribution in [3.8, 4) is 17.2 Å². The number of aryl methyl sites for hydroxylation is 2. The van der Waals surface area contributed by atoms with Crippen LogP contribution in [0, 0.1) is 0 Å². The number of nitrogens with zero attached hydrogens (tertiary/aromatic N) is 2. The highest BCUT2D eigenvalue weighted by Gasteiger charge is 2.09. The molecule has 20 heavy (non-hydrogen) atoms. The molecule has 0 saturated heterocycles. The van der Waals surface area contributed by atoms with Crippen molar-refractivity contribution in [2.75, 3.05) is 0 Å². The van der Waals surface area contributed by atoms with Gasteiger partial charge in [0, 0.05) is 12.0 Å². The van der Waals surface area contributed by atoms with E-state index in [1.54, 1.807) is 18.2 Å². The second kappa shape index (κ2) is 5.57. The fraction of sp³-hybridized carbons (Fsp3) is 0.125. The van der Waals surface area contributed by atoms with Gasteiger partial charge in [-0.2, -0.15) is 4.98 Å². The smallest absolute Gasteiger partial charge is 0.258 e. The van der Waals surface area contributed by atoms with Gasteiger partial charge in [-0.3, -0.25) is 0 Å². The molecule has 0 amide bonds. The van der Waals surface area contributed by atoms with Crippen LogP contribution in [0.4, 0.5) is 0 Å². The van der Waals surface area contributed by atoms with Crippen molar-refractivity contribution in [1.82, 2.24) is 10.1 Å². The summed E-state index contributed by atoms with van der Waals surface area (Å²) in [6, 6.07) is 17.0. The minimum Gasteiger partial charge on any atom is -0.508 e. The van der Waals surface area contributed by atoms with Gasteiger partial charge in [-0.05, 0) is 30.2 Å². The van der Waals surface area contributed by atoms with E-state index in [0.29, 0.717) is 11.7 Å². The summed E-state index contributed by atoms with van der Waals surface area (Å²) in [4.78, 5) is 4.35. The molecule has 0 saturated carbocycles. The molecule has 0 bridgehead atoms. The largest absolute Gasteiger partial charge is 0.508 e. The number of hydrogen-bond donors (Lipinski definition) is 1. The van der Waals surface area contributed by atoms with Crippen molar-refractivity contribution < 1.29 is 9.63 Å². The van der Waals surface area contributed by atoms with Crippen LogP contribution in [0.2, 0.25) is 0 Å². The molecule has 3 aromatic rings. The Labute approximate surface area is 116 Å². The van der Waals surface area contributed by atoms with Crippen molar-refractivity contribution in [3.63, 3.8) is 0 Å². The molecule has 4 heteroatoms. The lowest BCUT2D eigenvalue weighted by Crippen LogP contribution is -1.93. The fourth-order valence-corrected chi connectivity index (χ4v) is 2.01. The average molecular weight is 266 g/mol. The molecule has 0 aliphatic carbocycles. The molecule has 4 nitrogen and oxygen atoms in total. The Kier molecular flexibility index (Phi) is 3.46. The minimum atomic E-state index is 0.187. The molecule has 1 N–H and O–H groups in total. The third-order valence-electron chi connectivity index (χ3n) is 3.04. The molecule has 0 unspecified atom stereocenters. The van der Waals surface area contributed by atoms with E-state index in [2.05, 4.69) is 22.3 Å². The average Bonchev–Trinajstić information content (AvgIpc) is 2.95. The molecule has 0 aliphatic rings. The van der Waals surface area contributed by atoms with Gasteiger partial charge in [0.05, 0.1) is 0 Å². The maximum Gasteiger partial charge on any atom is 0.258 e. The summed E-state index contributed by atoms with van der Waals surface area (Å²) < 4.78 is 5.22. The lowest BCUT2D eigenvalue weighted by Gasteiger charge is -1.96. The van der Waals surface area contributed by atoms with Crippen LogP contribution in [0.1, 0.15) is 11.4 Å². The van der Waals surface area contributed by atoms with Gasteiger partial charge in [0.1, 0.15) is 5.75 Å². The van der Waals surface area contributed by atoms with Crippen LogP contribution < -0.4 is 0 Å². The molecule has 3 rings (SSSR count). The topological polar surface area (TPSA) is 59.2 Å². The van der Waals surface area contributed by atoms with Crippen molar-refractivity contribution in [1.29, 1.82) is 0 Å². The minimum absolute atomic E-state index is 0.187. The Balaban J connectivity index is 1.71. The van der Waals surface area contributed by atoms with Crippen molar-refractivity contribution in [2.45, 2.75) is 12.8 Å². The van der Waals surface area contributed by atoms with E-state index in [1.165, 1.54) is 5.56 Å². The standard InChI is InChI=1S/C16H14N2O2/c19-14-8-4-7-13(11-14)16-17-15(18-20-16)10-9-12-5-2-1-3-6-12/h1-8,11,19H,9-10H2. The lowest BCUT2D eigenvalue weighted by atomic mass is 10.1. The summed E-state index contributed by atoms with van der Waals surface area (Å²) >= 11 is 0. The van der Waals surface area contributed by atoms with Gasteiger partial charge < -0.3 is 9.63 Å². The number of hydrogen-bond acceptors (Lipinski definition) is 4. The normalized spacial score (nSPS) is 10.6. The first kappa shape index (κ1) is 12.4. The number of phenols is 1. The molecule has 2 aromatic carbocycles. The van der Waals surface area contributed by atoms with Crippen molar-refractivity contribution >= 4 is 0 Å². The number of rotatable bonds is 4. The van der Waals surface area contributed by atoms with E-state index >= 15 is 0 Å². The summed E-state index contributed by atoms with van der Waals surface area (Å²) in [6.07, 6.45) is 1.60. The summed E-state index contributed by atoms with van der Waals surface area (Å²) in [7, 11) is 0. The first-order chi connectivity index (χ1) is 9.81. The monoisotopic (exact) mass is 266 g/mol. The van der Waals surface area contributed by atoms with Gasteiger partial charge >= 0.3 is 0 Å². The van der Waals surface area contributed by atoms with E-state index < -0.39 is 0 Å². The second-order valence-electron chi connectivity index (χ2n) is 4.55. The highest BCUT2D eigenvalue weighted by atomic mass is 16.5. The third kappa shape index (κ3) is 2.85. The lowest BCUT2D eigenvalue weighted by molar-refractivity contribution is 0.421. The van der Waals surface area contributed by atoms with Crippen molar-refractivity contribution in [3.05, 3.63) is 66.0 Å². The maximum atomic E-state index is 9.44. The van der Waals surface area contributed by atoms with E-state index in [0.717, 1.165) is 18.4 Å².